The van der Waals surface area contributed by atoms with Gasteiger partial charge in [-0.15, -0.1) is 0 Å². The van der Waals surface area contributed by atoms with Crippen LogP contribution in [-0.2, 0) is 26.7 Å². The molecule has 0 aliphatic heterocycles. The Labute approximate surface area is 197 Å². The lowest BCUT2D eigenvalue weighted by molar-refractivity contribution is 0.478. The van der Waals surface area contributed by atoms with Crippen LogP contribution in [0.2, 0.25) is 0 Å². The molecular formula is C23H34N2O6S2. The largest absolute Gasteiger partial charge is 0.372 e. The van der Waals surface area contributed by atoms with Gasteiger partial charge in [-0.3, -0.25) is 9.11 Å². The summed E-state index contributed by atoms with van der Waals surface area (Å²) in [6.07, 6.45) is 1.50. The van der Waals surface area contributed by atoms with E-state index in [1.807, 2.05) is 38.1 Å². The highest BCUT2D eigenvalue weighted by atomic mass is 32.2. The van der Waals surface area contributed by atoms with E-state index in [0.717, 1.165) is 42.0 Å². The Morgan fingerprint density at radius 3 is 1.24 bits per heavy atom. The van der Waals surface area contributed by atoms with Crippen molar-refractivity contribution in [1.82, 2.24) is 0 Å². The van der Waals surface area contributed by atoms with Crippen molar-refractivity contribution < 1.29 is 25.9 Å². The van der Waals surface area contributed by atoms with E-state index in [2.05, 4.69) is 34.1 Å². The minimum atomic E-state index is -3.94. The molecule has 0 atom stereocenters. The minimum absolute atomic E-state index is 0.242. The summed E-state index contributed by atoms with van der Waals surface area (Å²) in [5, 5.41) is 0. The van der Waals surface area contributed by atoms with Crippen LogP contribution in [0.1, 0.15) is 37.8 Å². The molecule has 8 nitrogen and oxygen atoms in total. The molecule has 0 unspecified atom stereocenters. The molecule has 0 amide bonds. The monoisotopic (exact) mass is 498 g/mol. The summed E-state index contributed by atoms with van der Waals surface area (Å²) in [7, 11) is -7.87. The molecule has 0 aliphatic rings. The number of nitrogens with zero attached hydrogens (tertiary/aromatic N) is 2. The summed E-state index contributed by atoms with van der Waals surface area (Å²) in [6, 6.07) is 16.3. The molecule has 2 rings (SSSR count). The third kappa shape index (κ3) is 10.1. The quantitative estimate of drug-likeness (QED) is 0.381. The van der Waals surface area contributed by atoms with E-state index < -0.39 is 20.2 Å². The Morgan fingerprint density at radius 1 is 0.636 bits per heavy atom. The molecule has 33 heavy (non-hydrogen) atoms. The molecule has 0 bridgehead atoms. The molecule has 0 radical (unpaired) electrons. The maximum Gasteiger partial charge on any atom is 0.264 e. The number of benzene rings is 2. The van der Waals surface area contributed by atoms with Gasteiger partial charge in [-0.25, -0.2) is 0 Å². The first-order valence-corrected chi connectivity index (χ1v) is 14.3. The third-order valence-electron chi connectivity index (χ3n) is 5.44. The van der Waals surface area contributed by atoms with Gasteiger partial charge in [0, 0.05) is 37.6 Å². The van der Waals surface area contributed by atoms with Gasteiger partial charge in [-0.1, -0.05) is 24.3 Å². The lowest BCUT2D eigenvalue weighted by atomic mass is 10.0. The summed E-state index contributed by atoms with van der Waals surface area (Å²) < 4.78 is 61.5. The second-order valence-electron chi connectivity index (χ2n) is 7.95. The van der Waals surface area contributed by atoms with Crippen LogP contribution in [0.3, 0.4) is 0 Å². The summed E-state index contributed by atoms with van der Waals surface area (Å²) in [4.78, 5) is 4.15. The van der Waals surface area contributed by atoms with Gasteiger partial charge in [-0.2, -0.15) is 16.8 Å². The molecule has 2 aromatic carbocycles. The van der Waals surface area contributed by atoms with Crippen molar-refractivity contribution >= 4 is 31.6 Å². The molecule has 0 saturated heterocycles. The molecule has 10 heteroatoms. The molecule has 184 valence electrons. The second-order valence-corrected chi connectivity index (χ2v) is 11.1. The van der Waals surface area contributed by atoms with Crippen LogP contribution in [-0.4, -0.2) is 63.6 Å². The lowest BCUT2D eigenvalue weighted by Crippen LogP contribution is -2.25. The highest BCUT2D eigenvalue weighted by molar-refractivity contribution is 7.86. The zero-order valence-corrected chi connectivity index (χ0v) is 20.9. The third-order valence-corrected chi connectivity index (χ3v) is 7.04. The van der Waals surface area contributed by atoms with Gasteiger partial charge in [0.15, 0.2) is 0 Å². The van der Waals surface area contributed by atoms with E-state index in [1.165, 1.54) is 0 Å². The van der Waals surface area contributed by atoms with Crippen molar-refractivity contribution in [3.8, 4) is 0 Å². The smallest absolute Gasteiger partial charge is 0.264 e. The average Bonchev–Trinajstić information content (AvgIpc) is 2.74. The first-order chi connectivity index (χ1) is 15.5. The van der Waals surface area contributed by atoms with Crippen LogP contribution >= 0.6 is 0 Å². The van der Waals surface area contributed by atoms with Crippen molar-refractivity contribution in [2.45, 2.75) is 33.1 Å². The molecule has 0 aliphatic carbocycles. The maximum absolute atomic E-state index is 10.9. The van der Waals surface area contributed by atoms with Gasteiger partial charge in [0.25, 0.3) is 20.2 Å². The van der Waals surface area contributed by atoms with Crippen molar-refractivity contribution in [2.24, 2.45) is 0 Å². The molecule has 2 aromatic rings. The predicted molar refractivity (Wildman–Crippen MR) is 134 cm³/mol. The van der Waals surface area contributed by atoms with Crippen molar-refractivity contribution in [3.05, 3.63) is 59.7 Å². The first kappa shape index (κ1) is 27.1. The van der Waals surface area contributed by atoms with Crippen molar-refractivity contribution in [3.63, 3.8) is 0 Å². The SMILES string of the molecule is CCN(CCCS(=O)(=O)O)c1ccc(Cc2ccc(N(CC)CCCS(=O)(=O)O)cc2)cc1. The van der Waals surface area contributed by atoms with Crippen LogP contribution in [0.25, 0.3) is 0 Å². The Bertz CT molecular complexity index is 981. The Kier molecular flexibility index (Phi) is 10.2. The van der Waals surface area contributed by atoms with E-state index in [-0.39, 0.29) is 11.5 Å². The van der Waals surface area contributed by atoms with Crippen LogP contribution in [0, 0.1) is 0 Å². The topological polar surface area (TPSA) is 115 Å². The lowest BCUT2D eigenvalue weighted by Gasteiger charge is -2.23. The van der Waals surface area contributed by atoms with E-state index in [9.17, 15) is 16.8 Å². The number of hydrogen-bond donors (Lipinski definition) is 2. The van der Waals surface area contributed by atoms with E-state index in [4.69, 9.17) is 9.11 Å². The predicted octanol–water partition coefficient (Wildman–Crippen LogP) is 3.49. The normalized spacial score (nSPS) is 12.0. The number of rotatable bonds is 14. The summed E-state index contributed by atoms with van der Waals surface area (Å²) in [6.45, 7) is 6.59. The average molecular weight is 499 g/mol. The highest BCUT2D eigenvalue weighted by Crippen LogP contribution is 2.20. The summed E-state index contributed by atoms with van der Waals surface area (Å²) in [5.74, 6) is -0.485. The molecular weight excluding hydrogens is 464 g/mol. The van der Waals surface area contributed by atoms with Gasteiger partial charge >= 0.3 is 0 Å². The Morgan fingerprint density at radius 2 is 0.970 bits per heavy atom. The van der Waals surface area contributed by atoms with Gasteiger partial charge < -0.3 is 9.80 Å². The zero-order chi connectivity index (χ0) is 24.5. The molecule has 0 spiro atoms. The van der Waals surface area contributed by atoms with Crippen LogP contribution in [0.5, 0.6) is 0 Å². The highest BCUT2D eigenvalue weighted by Gasteiger charge is 2.10. The summed E-state index contributed by atoms with van der Waals surface area (Å²) in [5.41, 5.74) is 4.33. The van der Waals surface area contributed by atoms with Gasteiger partial charge in [0.2, 0.25) is 0 Å². The van der Waals surface area contributed by atoms with Crippen molar-refractivity contribution in [1.29, 1.82) is 0 Å². The van der Waals surface area contributed by atoms with Gasteiger partial charge in [0.05, 0.1) is 11.5 Å². The molecule has 0 fully saturated rings. The second kappa shape index (κ2) is 12.4. The minimum Gasteiger partial charge on any atom is -0.372 e. The fourth-order valence-corrected chi connectivity index (χ4v) is 4.69. The van der Waals surface area contributed by atoms with E-state index >= 15 is 0 Å². The molecule has 2 N–H and O–H groups in total. The van der Waals surface area contributed by atoms with E-state index in [0.29, 0.717) is 25.9 Å². The van der Waals surface area contributed by atoms with Gasteiger partial charge in [-0.05, 0) is 68.5 Å². The first-order valence-electron chi connectivity index (χ1n) is 11.1. The van der Waals surface area contributed by atoms with E-state index in [1.54, 1.807) is 0 Å². The molecule has 0 saturated carbocycles. The fraction of sp³-hybridized carbons (Fsp3) is 0.478. The van der Waals surface area contributed by atoms with Crippen molar-refractivity contribution in [2.75, 3.05) is 47.5 Å². The number of hydrogen-bond acceptors (Lipinski definition) is 6. The fourth-order valence-electron chi connectivity index (χ4n) is 3.70. The molecule has 0 aromatic heterocycles. The van der Waals surface area contributed by atoms with Crippen LogP contribution in [0.4, 0.5) is 11.4 Å². The van der Waals surface area contributed by atoms with Crippen LogP contribution < -0.4 is 9.80 Å². The zero-order valence-electron chi connectivity index (χ0n) is 19.2. The standard InChI is InChI=1S/C23H34N2O6S2/c1-3-24(15-5-17-32(26,27)28)22-11-7-20(8-12-22)19-21-9-13-23(14-10-21)25(4-2)16-6-18-33(29,30)31/h7-14H,3-6,15-19H2,1-2H3,(H,26,27,28)(H,29,30,31). The number of anilines is 2. The summed E-state index contributed by atoms with van der Waals surface area (Å²) >= 11 is 0. The maximum atomic E-state index is 10.9. The Balaban J connectivity index is 1.94. The molecule has 0 heterocycles. The Hall–Kier alpha value is -2.14. The van der Waals surface area contributed by atoms with Gasteiger partial charge in [0.1, 0.15) is 0 Å². The van der Waals surface area contributed by atoms with Crippen LogP contribution in [0.15, 0.2) is 48.5 Å².